The Labute approximate surface area is 107 Å². The second-order valence-corrected chi connectivity index (χ2v) is 7.68. The van der Waals surface area contributed by atoms with Gasteiger partial charge >= 0.3 is 0 Å². The van der Waals surface area contributed by atoms with Crippen molar-refractivity contribution in [2.24, 2.45) is 10.8 Å². The zero-order valence-electron chi connectivity index (χ0n) is 12.6. The van der Waals surface area contributed by atoms with Crippen LogP contribution in [0.25, 0.3) is 0 Å². The lowest BCUT2D eigenvalue weighted by molar-refractivity contribution is 0.404. The summed E-state index contributed by atoms with van der Waals surface area (Å²) >= 11 is 0. The first kappa shape index (κ1) is 14.3. The van der Waals surface area contributed by atoms with Crippen LogP contribution in [0.15, 0.2) is 18.2 Å². The molecule has 0 heterocycles. The first-order valence-corrected chi connectivity index (χ1v) is 6.66. The highest BCUT2D eigenvalue weighted by molar-refractivity contribution is 5.35. The molecule has 0 saturated carbocycles. The minimum atomic E-state index is 0.366. The molecule has 0 unspecified atom stereocenters. The molecule has 0 nitrogen and oxygen atoms in total. The SMILES string of the molecule is Cc1c(CC(C)(C)C)cccc1CC(C)(C)C. The van der Waals surface area contributed by atoms with E-state index in [-0.39, 0.29) is 0 Å². The van der Waals surface area contributed by atoms with Crippen LogP contribution in [0.1, 0.15) is 58.2 Å². The average Bonchev–Trinajstić information content (AvgIpc) is 2.07. The molecule has 1 aromatic rings. The topological polar surface area (TPSA) is 0 Å². The van der Waals surface area contributed by atoms with E-state index in [2.05, 4.69) is 66.7 Å². The van der Waals surface area contributed by atoms with Gasteiger partial charge in [-0.1, -0.05) is 59.7 Å². The van der Waals surface area contributed by atoms with Crippen molar-refractivity contribution in [3.8, 4) is 0 Å². The number of hydrogen-bond acceptors (Lipinski definition) is 0. The molecule has 1 rings (SSSR count). The Morgan fingerprint density at radius 3 is 1.41 bits per heavy atom. The Morgan fingerprint density at radius 1 is 0.765 bits per heavy atom. The zero-order valence-corrected chi connectivity index (χ0v) is 12.6. The van der Waals surface area contributed by atoms with Crippen LogP contribution in [0.3, 0.4) is 0 Å². The average molecular weight is 232 g/mol. The van der Waals surface area contributed by atoms with Crippen molar-refractivity contribution in [3.05, 3.63) is 34.9 Å². The third kappa shape index (κ3) is 4.93. The Hall–Kier alpha value is -0.780. The van der Waals surface area contributed by atoms with Gasteiger partial charge < -0.3 is 0 Å². The largest absolute Gasteiger partial charge is 0.0617 e. The van der Waals surface area contributed by atoms with Crippen LogP contribution in [0.4, 0.5) is 0 Å². The molecule has 17 heavy (non-hydrogen) atoms. The van der Waals surface area contributed by atoms with Crippen LogP contribution >= 0.6 is 0 Å². The van der Waals surface area contributed by atoms with Gasteiger partial charge in [0.15, 0.2) is 0 Å². The lowest BCUT2D eigenvalue weighted by Gasteiger charge is -2.24. The summed E-state index contributed by atoms with van der Waals surface area (Å²) in [5, 5.41) is 0. The summed E-state index contributed by atoms with van der Waals surface area (Å²) < 4.78 is 0. The van der Waals surface area contributed by atoms with Crippen LogP contribution < -0.4 is 0 Å². The maximum atomic E-state index is 2.31. The molecule has 0 heteroatoms. The highest BCUT2D eigenvalue weighted by Crippen LogP contribution is 2.28. The zero-order chi connectivity index (χ0) is 13.3. The van der Waals surface area contributed by atoms with Gasteiger partial charge in [0, 0.05) is 0 Å². The normalized spacial score (nSPS) is 12.9. The Kier molecular flexibility index (Phi) is 4.06. The predicted molar refractivity (Wildman–Crippen MR) is 77.5 cm³/mol. The fraction of sp³-hybridized carbons (Fsp3) is 0.647. The standard InChI is InChI=1S/C17H28/c1-13-14(11-16(2,3)4)9-8-10-15(13)12-17(5,6)7/h8-10H,11-12H2,1-7H3. The highest BCUT2D eigenvalue weighted by Gasteiger charge is 2.17. The molecule has 1 aromatic carbocycles. The van der Waals surface area contributed by atoms with Crippen LogP contribution in [0, 0.1) is 17.8 Å². The van der Waals surface area contributed by atoms with Crippen molar-refractivity contribution in [2.75, 3.05) is 0 Å². The number of hydrogen-bond donors (Lipinski definition) is 0. The van der Waals surface area contributed by atoms with Crippen molar-refractivity contribution in [2.45, 2.75) is 61.3 Å². The highest BCUT2D eigenvalue weighted by atomic mass is 14.2. The Morgan fingerprint density at radius 2 is 1.12 bits per heavy atom. The lowest BCUT2D eigenvalue weighted by Crippen LogP contribution is -2.14. The van der Waals surface area contributed by atoms with Crippen LogP contribution in [0.2, 0.25) is 0 Å². The molecule has 96 valence electrons. The Bertz CT molecular complexity index is 338. The fourth-order valence-electron chi connectivity index (χ4n) is 2.26. The maximum Gasteiger partial charge on any atom is -0.0227 e. The third-order valence-corrected chi connectivity index (χ3v) is 3.00. The fourth-order valence-corrected chi connectivity index (χ4v) is 2.26. The van der Waals surface area contributed by atoms with Crippen molar-refractivity contribution in [1.82, 2.24) is 0 Å². The summed E-state index contributed by atoms with van der Waals surface area (Å²) in [6, 6.07) is 6.79. The second-order valence-electron chi connectivity index (χ2n) is 7.68. The summed E-state index contributed by atoms with van der Waals surface area (Å²) in [5.74, 6) is 0. The van der Waals surface area contributed by atoms with Crippen molar-refractivity contribution in [3.63, 3.8) is 0 Å². The molecule has 0 atom stereocenters. The van der Waals surface area contributed by atoms with Crippen molar-refractivity contribution < 1.29 is 0 Å². The van der Waals surface area contributed by atoms with Crippen LogP contribution in [-0.2, 0) is 12.8 Å². The molecule has 0 aromatic heterocycles. The van der Waals surface area contributed by atoms with Gasteiger partial charge in [-0.2, -0.15) is 0 Å². The smallest absolute Gasteiger partial charge is 0.0227 e. The van der Waals surface area contributed by atoms with E-state index < -0.39 is 0 Å². The summed E-state index contributed by atoms with van der Waals surface area (Å²) in [6.07, 6.45) is 2.33. The van der Waals surface area contributed by atoms with Gasteiger partial charge in [0.25, 0.3) is 0 Å². The summed E-state index contributed by atoms with van der Waals surface area (Å²) in [6.45, 7) is 16.1. The molecule has 0 radical (unpaired) electrons. The van der Waals surface area contributed by atoms with Crippen LogP contribution in [0.5, 0.6) is 0 Å². The van der Waals surface area contributed by atoms with Gasteiger partial charge in [0.1, 0.15) is 0 Å². The molecule has 0 fully saturated rings. The monoisotopic (exact) mass is 232 g/mol. The molecule has 0 spiro atoms. The van der Waals surface area contributed by atoms with Gasteiger partial charge in [-0.25, -0.2) is 0 Å². The molecule has 0 aliphatic carbocycles. The molecule has 0 saturated heterocycles. The third-order valence-electron chi connectivity index (χ3n) is 3.00. The molecular weight excluding hydrogens is 204 g/mol. The molecule has 0 aliphatic heterocycles. The van der Waals surface area contributed by atoms with E-state index in [9.17, 15) is 0 Å². The van der Waals surface area contributed by atoms with Gasteiger partial charge in [0.2, 0.25) is 0 Å². The summed E-state index contributed by atoms with van der Waals surface area (Å²) in [7, 11) is 0. The molecule has 0 aliphatic rings. The molecule has 0 amide bonds. The van der Waals surface area contributed by atoms with Gasteiger partial charge in [0.05, 0.1) is 0 Å². The Balaban J connectivity index is 3.00. The lowest BCUT2D eigenvalue weighted by atomic mass is 9.82. The van der Waals surface area contributed by atoms with Crippen LogP contribution in [-0.4, -0.2) is 0 Å². The van der Waals surface area contributed by atoms with E-state index in [4.69, 9.17) is 0 Å². The van der Waals surface area contributed by atoms with Crippen molar-refractivity contribution in [1.29, 1.82) is 0 Å². The van der Waals surface area contributed by atoms with Gasteiger partial charge in [-0.3, -0.25) is 0 Å². The summed E-state index contributed by atoms with van der Waals surface area (Å²) in [5.41, 5.74) is 5.26. The first-order chi connectivity index (χ1) is 7.58. The number of rotatable bonds is 2. The minimum Gasteiger partial charge on any atom is -0.0617 e. The van der Waals surface area contributed by atoms with E-state index >= 15 is 0 Å². The minimum absolute atomic E-state index is 0.366. The van der Waals surface area contributed by atoms with E-state index in [1.165, 1.54) is 16.7 Å². The second kappa shape index (κ2) is 4.84. The molecular formula is C17H28. The van der Waals surface area contributed by atoms with E-state index in [1.807, 2.05) is 0 Å². The van der Waals surface area contributed by atoms with E-state index in [0.29, 0.717) is 10.8 Å². The van der Waals surface area contributed by atoms with E-state index in [1.54, 1.807) is 0 Å². The number of benzene rings is 1. The predicted octanol–water partition coefficient (Wildman–Crippen LogP) is 5.17. The first-order valence-electron chi connectivity index (χ1n) is 6.66. The van der Waals surface area contributed by atoms with Gasteiger partial charge in [-0.05, 0) is 47.3 Å². The van der Waals surface area contributed by atoms with Gasteiger partial charge in [-0.15, -0.1) is 0 Å². The van der Waals surface area contributed by atoms with E-state index in [0.717, 1.165) is 12.8 Å². The maximum absolute atomic E-state index is 2.31. The quantitative estimate of drug-likeness (QED) is 0.659. The summed E-state index contributed by atoms with van der Waals surface area (Å²) in [4.78, 5) is 0. The molecule has 0 N–H and O–H groups in total. The molecule has 0 bridgehead atoms. The van der Waals surface area contributed by atoms with Crippen molar-refractivity contribution >= 4 is 0 Å².